The van der Waals surface area contributed by atoms with Crippen molar-refractivity contribution in [2.75, 3.05) is 6.26 Å². The van der Waals surface area contributed by atoms with Crippen LogP contribution in [-0.4, -0.2) is 29.6 Å². The molecule has 6 heteroatoms. The van der Waals surface area contributed by atoms with E-state index in [1.54, 1.807) is 12.1 Å². The standard InChI is InChI=1S/C17H22N2O3S/c1-23(21,22)16-9-7-13(8-10-16)17-11-14(12-20)18-19(17)15-5-3-2-4-6-15/h7-11,15,20H,2-6,12H2,1H3. The summed E-state index contributed by atoms with van der Waals surface area (Å²) in [5.74, 6) is 0. The van der Waals surface area contributed by atoms with Gasteiger partial charge in [-0.1, -0.05) is 31.4 Å². The number of aromatic nitrogens is 2. The van der Waals surface area contributed by atoms with Crippen LogP contribution in [0.4, 0.5) is 0 Å². The van der Waals surface area contributed by atoms with Gasteiger partial charge >= 0.3 is 0 Å². The molecule has 0 aliphatic heterocycles. The second-order valence-electron chi connectivity index (χ2n) is 6.21. The first kappa shape index (κ1) is 16.2. The van der Waals surface area contributed by atoms with E-state index in [9.17, 15) is 13.5 Å². The van der Waals surface area contributed by atoms with Gasteiger partial charge in [0.2, 0.25) is 0 Å². The van der Waals surface area contributed by atoms with Crippen molar-refractivity contribution < 1.29 is 13.5 Å². The van der Waals surface area contributed by atoms with Gasteiger partial charge in [-0.05, 0) is 36.6 Å². The minimum absolute atomic E-state index is 0.0891. The van der Waals surface area contributed by atoms with Gasteiger partial charge in [0.25, 0.3) is 0 Å². The Kier molecular flexibility index (Phi) is 4.55. The van der Waals surface area contributed by atoms with Gasteiger partial charge in [-0.3, -0.25) is 4.68 Å². The van der Waals surface area contributed by atoms with E-state index in [0.29, 0.717) is 16.6 Å². The summed E-state index contributed by atoms with van der Waals surface area (Å²) < 4.78 is 25.2. The zero-order valence-corrected chi connectivity index (χ0v) is 14.1. The largest absolute Gasteiger partial charge is 0.390 e. The number of hydrogen-bond donors (Lipinski definition) is 1. The van der Waals surface area contributed by atoms with E-state index in [-0.39, 0.29) is 6.61 Å². The lowest BCUT2D eigenvalue weighted by Crippen LogP contribution is -2.15. The molecule has 1 aromatic carbocycles. The molecule has 0 unspecified atom stereocenters. The van der Waals surface area contributed by atoms with E-state index in [2.05, 4.69) is 5.10 Å². The van der Waals surface area contributed by atoms with Crippen LogP contribution in [0.5, 0.6) is 0 Å². The molecule has 23 heavy (non-hydrogen) atoms. The molecule has 1 aliphatic rings. The van der Waals surface area contributed by atoms with Crippen molar-refractivity contribution in [1.29, 1.82) is 0 Å². The molecule has 1 saturated carbocycles. The molecule has 1 N–H and O–H groups in total. The normalized spacial score (nSPS) is 16.6. The average molecular weight is 334 g/mol. The molecule has 0 spiro atoms. The SMILES string of the molecule is CS(=O)(=O)c1ccc(-c2cc(CO)nn2C2CCCCC2)cc1. The Morgan fingerprint density at radius 3 is 2.39 bits per heavy atom. The fourth-order valence-electron chi connectivity index (χ4n) is 3.21. The molecule has 0 bridgehead atoms. The maximum Gasteiger partial charge on any atom is 0.175 e. The van der Waals surface area contributed by atoms with E-state index >= 15 is 0 Å². The summed E-state index contributed by atoms with van der Waals surface area (Å²) in [6.45, 7) is -0.0891. The maximum absolute atomic E-state index is 11.6. The van der Waals surface area contributed by atoms with E-state index in [1.165, 1.54) is 25.5 Å². The lowest BCUT2D eigenvalue weighted by atomic mass is 9.95. The van der Waals surface area contributed by atoms with Crippen LogP contribution in [0.2, 0.25) is 0 Å². The minimum atomic E-state index is -3.19. The van der Waals surface area contributed by atoms with Crippen LogP contribution in [0, 0.1) is 0 Å². The molecule has 0 saturated heterocycles. The third kappa shape index (κ3) is 3.48. The Morgan fingerprint density at radius 2 is 1.83 bits per heavy atom. The van der Waals surface area contributed by atoms with Gasteiger partial charge < -0.3 is 5.11 Å². The van der Waals surface area contributed by atoms with E-state index in [1.807, 2.05) is 22.9 Å². The molecule has 0 amide bonds. The predicted octanol–water partition coefficient (Wildman–Crippen LogP) is 2.95. The molecule has 2 aromatic rings. The fraction of sp³-hybridized carbons (Fsp3) is 0.471. The highest BCUT2D eigenvalue weighted by Gasteiger charge is 2.20. The summed E-state index contributed by atoms with van der Waals surface area (Å²) in [6, 6.07) is 9.13. The number of aliphatic hydroxyl groups is 1. The molecule has 124 valence electrons. The molecular formula is C17H22N2O3S. The van der Waals surface area contributed by atoms with Crippen LogP contribution < -0.4 is 0 Å². The van der Waals surface area contributed by atoms with Gasteiger partial charge in [0.15, 0.2) is 9.84 Å². The third-order valence-corrected chi connectivity index (χ3v) is 5.58. The van der Waals surface area contributed by atoms with Crippen molar-refractivity contribution in [2.24, 2.45) is 0 Å². The Hall–Kier alpha value is -1.66. The van der Waals surface area contributed by atoms with E-state index < -0.39 is 9.84 Å². The van der Waals surface area contributed by atoms with Crippen molar-refractivity contribution in [3.63, 3.8) is 0 Å². The number of aliphatic hydroxyl groups excluding tert-OH is 1. The van der Waals surface area contributed by atoms with Crippen molar-refractivity contribution >= 4 is 9.84 Å². The monoisotopic (exact) mass is 334 g/mol. The van der Waals surface area contributed by atoms with Gasteiger partial charge in [0.1, 0.15) is 0 Å². The highest BCUT2D eigenvalue weighted by atomic mass is 32.2. The van der Waals surface area contributed by atoms with Crippen molar-refractivity contribution in [2.45, 2.75) is 49.6 Å². The predicted molar refractivity (Wildman–Crippen MR) is 88.8 cm³/mol. The summed E-state index contributed by atoms with van der Waals surface area (Å²) in [5, 5.41) is 14.0. The summed E-state index contributed by atoms with van der Waals surface area (Å²) >= 11 is 0. The molecular weight excluding hydrogens is 312 g/mol. The smallest absolute Gasteiger partial charge is 0.175 e. The molecule has 3 rings (SSSR count). The first-order valence-corrected chi connectivity index (χ1v) is 9.88. The maximum atomic E-state index is 11.6. The third-order valence-electron chi connectivity index (χ3n) is 4.45. The number of hydrogen-bond acceptors (Lipinski definition) is 4. The van der Waals surface area contributed by atoms with Crippen molar-refractivity contribution in [3.05, 3.63) is 36.0 Å². The molecule has 1 aliphatic carbocycles. The van der Waals surface area contributed by atoms with Crippen LogP contribution in [0.15, 0.2) is 35.2 Å². The summed E-state index contributed by atoms with van der Waals surface area (Å²) in [7, 11) is -3.19. The number of rotatable bonds is 4. The molecule has 0 atom stereocenters. The van der Waals surface area contributed by atoms with Gasteiger partial charge in [0, 0.05) is 6.26 Å². The molecule has 5 nitrogen and oxygen atoms in total. The van der Waals surface area contributed by atoms with Crippen LogP contribution in [0.25, 0.3) is 11.3 Å². The number of nitrogens with zero attached hydrogens (tertiary/aromatic N) is 2. The van der Waals surface area contributed by atoms with Crippen LogP contribution in [-0.2, 0) is 16.4 Å². The lowest BCUT2D eigenvalue weighted by molar-refractivity contribution is 0.270. The van der Waals surface area contributed by atoms with Crippen molar-refractivity contribution in [3.8, 4) is 11.3 Å². The van der Waals surface area contributed by atoms with Gasteiger partial charge in [-0.2, -0.15) is 5.10 Å². The minimum Gasteiger partial charge on any atom is -0.390 e. The van der Waals surface area contributed by atoms with Crippen LogP contribution in [0.1, 0.15) is 43.8 Å². The molecule has 1 heterocycles. The zero-order chi connectivity index (χ0) is 16.4. The van der Waals surface area contributed by atoms with E-state index in [0.717, 1.165) is 24.1 Å². The first-order chi connectivity index (χ1) is 11.0. The average Bonchev–Trinajstić information content (AvgIpc) is 2.99. The Bertz CT molecular complexity index is 773. The topological polar surface area (TPSA) is 72.2 Å². The fourth-order valence-corrected chi connectivity index (χ4v) is 3.85. The van der Waals surface area contributed by atoms with Gasteiger partial charge in [-0.25, -0.2) is 8.42 Å². The Labute approximate surface area is 136 Å². The summed E-state index contributed by atoms with van der Waals surface area (Å²) in [5.41, 5.74) is 2.52. The Morgan fingerprint density at radius 1 is 1.17 bits per heavy atom. The zero-order valence-electron chi connectivity index (χ0n) is 13.3. The second kappa shape index (κ2) is 6.45. The highest BCUT2D eigenvalue weighted by molar-refractivity contribution is 7.90. The number of sulfone groups is 1. The van der Waals surface area contributed by atoms with Crippen LogP contribution >= 0.6 is 0 Å². The van der Waals surface area contributed by atoms with Gasteiger partial charge in [0.05, 0.1) is 28.9 Å². The number of benzene rings is 1. The highest BCUT2D eigenvalue weighted by Crippen LogP contribution is 2.33. The molecule has 0 radical (unpaired) electrons. The van der Waals surface area contributed by atoms with Crippen LogP contribution in [0.3, 0.4) is 0 Å². The summed E-state index contributed by atoms with van der Waals surface area (Å²) in [4.78, 5) is 0.312. The summed E-state index contributed by atoms with van der Waals surface area (Å²) in [6.07, 6.45) is 7.07. The Balaban J connectivity index is 1.99. The molecule has 1 aromatic heterocycles. The molecule has 1 fully saturated rings. The quantitative estimate of drug-likeness (QED) is 0.933. The van der Waals surface area contributed by atoms with E-state index in [4.69, 9.17) is 0 Å². The van der Waals surface area contributed by atoms with Gasteiger partial charge in [-0.15, -0.1) is 0 Å². The first-order valence-electron chi connectivity index (χ1n) is 7.99. The second-order valence-corrected chi connectivity index (χ2v) is 8.23. The van der Waals surface area contributed by atoms with Crippen molar-refractivity contribution in [1.82, 2.24) is 9.78 Å². The lowest BCUT2D eigenvalue weighted by Gasteiger charge is -2.24.